The molecular formula is C22H33IN4OS. The summed E-state index contributed by atoms with van der Waals surface area (Å²) in [5.74, 6) is 0.846. The molecule has 29 heavy (non-hydrogen) atoms. The van der Waals surface area contributed by atoms with E-state index in [-0.39, 0.29) is 24.0 Å². The second-order valence-corrected chi connectivity index (χ2v) is 8.01. The Bertz CT molecular complexity index is 715. The van der Waals surface area contributed by atoms with Crippen LogP contribution in [-0.4, -0.2) is 44.1 Å². The number of hydrogen-bond acceptors (Lipinski definition) is 4. The van der Waals surface area contributed by atoms with Crippen LogP contribution in [-0.2, 0) is 17.9 Å². The maximum atomic E-state index is 5.45. The van der Waals surface area contributed by atoms with Gasteiger partial charge < -0.3 is 15.4 Å². The smallest absolute Gasteiger partial charge is 0.191 e. The summed E-state index contributed by atoms with van der Waals surface area (Å²) in [6, 6.07) is 13.4. The number of likely N-dealkylation sites (tertiary alicyclic amines) is 1. The highest BCUT2D eigenvalue weighted by Gasteiger charge is 2.24. The van der Waals surface area contributed by atoms with E-state index in [1.807, 2.05) is 25.3 Å². The van der Waals surface area contributed by atoms with Crippen LogP contribution in [0.25, 0.3) is 0 Å². The van der Waals surface area contributed by atoms with Crippen LogP contribution >= 0.6 is 35.3 Å². The number of nitrogens with one attached hydrogen (secondary N) is 2. The summed E-state index contributed by atoms with van der Waals surface area (Å²) >= 11 is 1.84. The van der Waals surface area contributed by atoms with Crippen molar-refractivity contribution in [3.05, 3.63) is 57.8 Å². The third-order valence-electron chi connectivity index (χ3n) is 5.10. The minimum Gasteiger partial charge on any atom is -0.377 e. The van der Waals surface area contributed by atoms with E-state index in [1.165, 1.54) is 41.9 Å². The quantitative estimate of drug-likeness (QED) is 0.288. The van der Waals surface area contributed by atoms with Gasteiger partial charge in [-0.3, -0.25) is 9.89 Å². The number of nitrogens with zero attached hydrogens (tertiary/aromatic N) is 2. The van der Waals surface area contributed by atoms with E-state index in [4.69, 9.17) is 4.74 Å². The van der Waals surface area contributed by atoms with Gasteiger partial charge in [0.25, 0.3) is 0 Å². The molecule has 0 aliphatic carbocycles. The standard InChI is InChI=1S/C22H32N4OS.HI/c1-3-27-17-19-10-8-18(9-11-19)15-24-22(23-2)25-16-20(21-7-6-14-28-21)26-12-4-5-13-26;/h6-11,14,20H,3-5,12-13,15-17H2,1-2H3,(H2,23,24,25);1H. The van der Waals surface area contributed by atoms with Gasteiger partial charge >= 0.3 is 0 Å². The maximum absolute atomic E-state index is 5.45. The van der Waals surface area contributed by atoms with Crippen molar-refractivity contribution in [2.24, 2.45) is 4.99 Å². The molecule has 1 aliphatic rings. The van der Waals surface area contributed by atoms with Crippen molar-refractivity contribution in [2.45, 2.75) is 39.0 Å². The van der Waals surface area contributed by atoms with Crippen LogP contribution in [0.4, 0.5) is 0 Å². The van der Waals surface area contributed by atoms with Gasteiger partial charge in [-0.2, -0.15) is 0 Å². The van der Waals surface area contributed by atoms with Crippen molar-refractivity contribution in [3.8, 4) is 0 Å². The van der Waals surface area contributed by atoms with Gasteiger partial charge in [-0.25, -0.2) is 0 Å². The molecule has 160 valence electrons. The summed E-state index contributed by atoms with van der Waals surface area (Å²) in [5.41, 5.74) is 2.44. The Morgan fingerprint density at radius 2 is 1.86 bits per heavy atom. The first-order chi connectivity index (χ1) is 13.8. The fraction of sp³-hybridized carbons (Fsp3) is 0.500. The van der Waals surface area contributed by atoms with E-state index in [9.17, 15) is 0 Å². The average molecular weight is 529 g/mol. The molecule has 7 heteroatoms. The largest absolute Gasteiger partial charge is 0.377 e. The predicted molar refractivity (Wildman–Crippen MR) is 133 cm³/mol. The number of halogens is 1. The van der Waals surface area contributed by atoms with Gasteiger partial charge in [0.05, 0.1) is 12.6 Å². The zero-order chi connectivity index (χ0) is 19.6. The molecule has 1 unspecified atom stereocenters. The highest BCUT2D eigenvalue weighted by atomic mass is 127. The number of guanidine groups is 1. The first-order valence-corrected chi connectivity index (χ1v) is 11.1. The van der Waals surface area contributed by atoms with Crippen molar-refractivity contribution in [1.82, 2.24) is 15.5 Å². The van der Waals surface area contributed by atoms with Gasteiger partial charge in [-0.1, -0.05) is 30.3 Å². The number of rotatable bonds is 9. The molecule has 1 fully saturated rings. The molecule has 0 saturated carbocycles. The summed E-state index contributed by atoms with van der Waals surface area (Å²) in [6.45, 7) is 7.43. The summed E-state index contributed by atoms with van der Waals surface area (Å²) in [6.07, 6.45) is 2.60. The molecule has 5 nitrogen and oxygen atoms in total. The lowest BCUT2D eigenvalue weighted by molar-refractivity contribution is 0.134. The molecule has 1 aliphatic heterocycles. The van der Waals surface area contributed by atoms with E-state index in [0.717, 1.165) is 25.7 Å². The minimum absolute atomic E-state index is 0. The first-order valence-electron chi connectivity index (χ1n) is 10.2. The SMILES string of the molecule is CCOCc1ccc(CNC(=NC)NCC(c2cccs2)N2CCCC2)cc1.I. The van der Waals surface area contributed by atoms with Gasteiger partial charge in [0.2, 0.25) is 0 Å². The molecule has 1 atom stereocenters. The van der Waals surface area contributed by atoms with Crippen LogP contribution in [0.5, 0.6) is 0 Å². The van der Waals surface area contributed by atoms with Gasteiger partial charge in [0, 0.05) is 31.6 Å². The van der Waals surface area contributed by atoms with E-state index in [0.29, 0.717) is 12.6 Å². The number of ether oxygens (including phenoxy) is 1. The highest BCUT2D eigenvalue weighted by Crippen LogP contribution is 2.27. The fourth-order valence-electron chi connectivity index (χ4n) is 3.52. The van der Waals surface area contributed by atoms with Crippen molar-refractivity contribution in [3.63, 3.8) is 0 Å². The van der Waals surface area contributed by atoms with Crippen LogP contribution < -0.4 is 10.6 Å². The van der Waals surface area contributed by atoms with Crippen LogP contribution in [0, 0.1) is 0 Å². The predicted octanol–water partition coefficient (Wildman–Crippen LogP) is 4.40. The third-order valence-corrected chi connectivity index (χ3v) is 6.07. The Kier molecular flexibility index (Phi) is 11.0. The van der Waals surface area contributed by atoms with Crippen molar-refractivity contribution in [1.29, 1.82) is 0 Å². The summed E-state index contributed by atoms with van der Waals surface area (Å²) in [7, 11) is 1.83. The van der Waals surface area contributed by atoms with Crippen molar-refractivity contribution >= 4 is 41.3 Å². The van der Waals surface area contributed by atoms with Crippen LogP contribution in [0.2, 0.25) is 0 Å². The minimum atomic E-state index is 0. The van der Waals surface area contributed by atoms with Gasteiger partial charge in [0.15, 0.2) is 5.96 Å². The number of benzene rings is 1. The Labute approximate surface area is 196 Å². The van der Waals surface area contributed by atoms with Crippen molar-refractivity contribution in [2.75, 3.05) is 33.3 Å². The van der Waals surface area contributed by atoms with Crippen molar-refractivity contribution < 1.29 is 4.74 Å². The Balaban J connectivity index is 0.00000300. The second kappa shape index (κ2) is 13.2. The molecule has 2 heterocycles. The summed E-state index contributed by atoms with van der Waals surface area (Å²) < 4.78 is 5.45. The van der Waals surface area contributed by atoms with Crippen LogP contribution in [0.1, 0.15) is 41.8 Å². The van der Waals surface area contributed by atoms with Crippen LogP contribution in [0.3, 0.4) is 0 Å². The molecule has 1 aromatic carbocycles. The lowest BCUT2D eigenvalue weighted by Gasteiger charge is -2.27. The monoisotopic (exact) mass is 528 g/mol. The Morgan fingerprint density at radius 1 is 1.14 bits per heavy atom. The normalized spacial score (nSPS) is 15.7. The maximum Gasteiger partial charge on any atom is 0.191 e. The van der Waals surface area contributed by atoms with Crippen LogP contribution in [0.15, 0.2) is 46.8 Å². The second-order valence-electron chi connectivity index (χ2n) is 7.03. The molecule has 1 saturated heterocycles. The fourth-order valence-corrected chi connectivity index (χ4v) is 4.38. The lowest BCUT2D eigenvalue weighted by Crippen LogP contribution is -2.42. The van der Waals surface area contributed by atoms with Gasteiger partial charge in [-0.05, 0) is 55.4 Å². The molecule has 2 N–H and O–H groups in total. The molecule has 2 aromatic rings. The molecule has 1 aromatic heterocycles. The lowest BCUT2D eigenvalue weighted by atomic mass is 10.1. The van der Waals surface area contributed by atoms with E-state index < -0.39 is 0 Å². The number of aliphatic imine (C=N–C) groups is 1. The zero-order valence-corrected chi connectivity index (χ0v) is 20.5. The Morgan fingerprint density at radius 3 is 2.48 bits per heavy atom. The topological polar surface area (TPSA) is 48.9 Å². The van der Waals surface area contributed by atoms with E-state index >= 15 is 0 Å². The third kappa shape index (κ3) is 7.55. The molecule has 0 bridgehead atoms. The number of thiophene rings is 1. The van der Waals surface area contributed by atoms with Gasteiger partial charge in [0.1, 0.15) is 0 Å². The average Bonchev–Trinajstić information content (AvgIpc) is 3.44. The highest BCUT2D eigenvalue weighted by molar-refractivity contribution is 14.0. The molecular weight excluding hydrogens is 495 g/mol. The van der Waals surface area contributed by atoms with E-state index in [1.54, 1.807) is 0 Å². The zero-order valence-electron chi connectivity index (χ0n) is 17.4. The van der Waals surface area contributed by atoms with E-state index in [2.05, 4.69) is 62.3 Å². The van der Waals surface area contributed by atoms with Gasteiger partial charge in [-0.15, -0.1) is 35.3 Å². The summed E-state index contributed by atoms with van der Waals surface area (Å²) in [4.78, 5) is 8.41. The summed E-state index contributed by atoms with van der Waals surface area (Å²) in [5, 5.41) is 9.13. The first kappa shape index (κ1) is 24.1. The molecule has 0 spiro atoms. The molecule has 3 rings (SSSR count). The molecule has 0 radical (unpaired) electrons. The molecule has 0 amide bonds. The number of hydrogen-bond donors (Lipinski definition) is 2. The Hall–Kier alpha value is -1.16.